The number of thiocarbonyl (C=S) groups is 1. The first-order valence-electron chi connectivity index (χ1n) is 15.2. The second-order valence-corrected chi connectivity index (χ2v) is 10.5. The van der Waals surface area contributed by atoms with E-state index < -0.39 is 11.9 Å². The third kappa shape index (κ3) is 19.2. The molecule has 1 aromatic rings. The standard InChI is InChI=1S/C30H44N4O8S.C2H6/c1-23(19-27(31-25(3)43)20-24(2)29(35)36)21-33-7-11-39-15-17-41-13-9-34(10-14-42-18-16-40-12-8-33)22-26-5-4-6-28(32-26)30(37)38;1-2/h4-6,19-20H,1,7-18,21-22H2,2-3H3,(H,31,43)(H,35,36)(H,37,38);1-2H3/b24-20+,27-19+;. The van der Waals surface area contributed by atoms with E-state index in [4.69, 9.17) is 31.2 Å². The Labute approximate surface area is 272 Å². The van der Waals surface area contributed by atoms with Gasteiger partial charge in [-0.2, -0.15) is 0 Å². The smallest absolute Gasteiger partial charge is 0.354 e. The van der Waals surface area contributed by atoms with Gasteiger partial charge in [0.1, 0.15) is 5.69 Å². The molecule has 0 atom stereocenters. The third-order valence-electron chi connectivity index (χ3n) is 6.18. The maximum Gasteiger partial charge on any atom is 0.354 e. The first-order valence-corrected chi connectivity index (χ1v) is 15.6. The van der Waals surface area contributed by atoms with Crippen molar-refractivity contribution >= 4 is 29.1 Å². The van der Waals surface area contributed by atoms with Crippen LogP contribution >= 0.6 is 12.2 Å². The summed E-state index contributed by atoms with van der Waals surface area (Å²) in [6.07, 6.45) is 3.32. The van der Waals surface area contributed by atoms with Crippen molar-refractivity contribution in [1.29, 1.82) is 0 Å². The maximum atomic E-state index is 11.3. The zero-order valence-electron chi connectivity index (χ0n) is 27.1. The Morgan fingerprint density at radius 3 is 1.87 bits per heavy atom. The van der Waals surface area contributed by atoms with Gasteiger partial charge in [0, 0.05) is 50.5 Å². The number of hydrogen-bond donors (Lipinski definition) is 3. The molecule has 13 heteroatoms. The van der Waals surface area contributed by atoms with Crippen LogP contribution in [-0.2, 0) is 30.3 Å². The van der Waals surface area contributed by atoms with E-state index in [2.05, 4.69) is 26.7 Å². The molecular formula is C32H50N4O8S. The largest absolute Gasteiger partial charge is 0.478 e. The number of allylic oxidation sites excluding steroid dienone is 1. The fraction of sp³-hybridized carbons (Fsp3) is 0.562. The minimum Gasteiger partial charge on any atom is -0.478 e. The summed E-state index contributed by atoms with van der Waals surface area (Å²) in [5.41, 5.74) is 2.21. The Balaban J connectivity index is 0.00000496. The first kappa shape index (κ1) is 40.0. The van der Waals surface area contributed by atoms with Crippen molar-refractivity contribution in [1.82, 2.24) is 20.1 Å². The van der Waals surface area contributed by atoms with Crippen molar-refractivity contribution in [3.8, 4) is 0 Å². The number of aliphatic carboxylic acids is 1. The fourth-order valence-corrected chi connectivity index (χ4v) is 4.16. The van der Waals surface area contributed by atoms with Crippen LogP contribution in [0.5, 0.6) is 0 Å². The molecule has 1 saturated heterocycles. The second-order valence-electron chi connectivity index (χ2n) is 9.89. The van der Waals surface area contributed by atoms with Crippen LogP contribution in [0.3, 0.4) is 0 Å². The van der Waals surface area contributed by atoms with Gasteiger partial charge in [-0.1, -0.05) is 38.7 Å². The van der Waals surface area contributed by atoms with Crippen LogP contribution in [0.25, 0.3) is 0 Å². The maximum absolute atomic E-state index is 11.3. The van der Waals surface area contributed by atoms with Crippen molar-refractivity contribution in [2.45, 2.75) is 34.2 Å². The van der Waals surface area contributed by atoms with Crippen LogP contribution in [0, 0.1) is 0 Å². The van der Waals surface area contributed by atoms with E-state index in [-0.39, 0.29) is 11.3 Å². The molecule has 1 aliphatic heterocycles. The number of pyridine rings is 1. The van der Waals surface area contributed by atoms with E-state index in [0.717, 1.165) is 5.57 Å². The Kier molecular flexibility index (Phi) is 21.5. The molecule has 1 aliphatic rings. The lowest BCUT2D eigenvalue weighted by atomic mass is 10.1. The zero-order valence-corrected chi connectivity index (χ0v) is 27.9. The van der Waals surface area contributed by atoms with Gasteiger partial charge < -0.3 is 34.5 Å². The fourth-order valence-electron chi connectivity index (χ4n) is 4.04. The van der Waals surface area contributed by atoms with Gasteiger partial charge in [0.25, 0.3) is 0 Å². The lowest BCUT2D eigenvalue weighted by Crippen LogP contribution is -2.34. The molecule has 0 unspecified atom stereocenters. The van der Waals surface area contributed by atoms with Gasteiger partial charge in [-0.25, -0.2) is 14.6 Å². The molecule has 2 heterocycles. The highest BCUT2D eigenvalue weighted by atomic mass is 32.1. The molecule has 0 saturated carbocycles. The van der Waals surface area contributed by atoms with Crippen molar-refractivity contribution in [2.75, 3.05) is 85.6 Å². The minimum atomic E-state index is -1.05. The number of aromatic carboxylic acids is 1. The van der Waals surface area contributed by atoms with Crippen molar-refractivity contribution in [3.05, 3.63) is 65.2 Å². The Hall–Kier alpha value is -3.04. The molecule has 0 amide bonds. The SMILES string of the molecule is C=C(/C=C(\C=C(/C)C(=O)O)NC(C)=S)CN1CCOCCOCCN(Cc2cccc(C(=O)O)n2)CCOCCOCC1.CC. The van der Waals surface area contributed by atoms with E-state index in [9.17, 15) is 19.8 Å². The molecule has 45 heavy (non-hydrogen) atoms. The molecule has 1 aromatic heterocycles. The number of carbonyl (C=O) groups is 2. The van der Waals surface area contributed by atoms with E-state index in [1.807, 2.05) is 19.9 Å². The number of aromatic nitrogens is 1. The lowest BCUT2D eigenvalue weighted by molar-refractivity contribution is -0.132. The summed E-state index contributed by atoms with van der Waals surface area (Å²) in [7, 11) is 0. The van der Waals surface area contributed by atoms with E-state index in [1.165, 1.54) is 19.1 Å². The molecule has 0 bridgehead atoms. The number of ether oxygens (including phenoxy) is 4. The molecule has 1 fully saturated rings. The number of carboxylic acid groups (broad SMARTS) is 2. The van der Waals surface area contributed by atoms with Gasteiger partial charge in [0.2, 0.25) is 0 Å². The molecule has 0 spiro atoms. The highest BCUT2D eigenvalue weighted by Crippen LogP contribution is 2.08. The van der Waals surface area contributed by atoms with Crippen LogP contribution in [0.15, 0.2) is 53.8 Å². The van der Waals surface area contributed by atoms with Gasteiger partial charge in [0.15, 0.2) is 0 Å². The summed E-state index contributed by atoms with van der Waals surface area (Å²) in [5, 5.41) is 21.5. The van der Waals surface area contributed by atoms with Crippen LogP contribution in [-0.4, -0.2) is 128 Å². The molecule has 3 N–H and O–H groups in total. The van der Waals surface area contributed by atoms with Gasteiger partial charge >= 0.3 is 11.9 Å². The van der Waals surface area contributed by atoms with Crippen LogP contribution in [0.2, 0.25) is 0 Å². The quantitative estimate of drug-likeness (QED) is 0.204. The average molecular weight is 651 g/mol. The van der Waals surface area contributed by atoms with Crippen molar-refractivity contribution < 1.29 is 38.7 Å². The monoisotopic (exact) mass is 650 g/mol. The molecule has 0 radical (unpaired) electrons. The highest BCUT2D eigenvalue weighted by molar-refractivity contribution is 7.80. The predicted octanol–water partition coefficient (Wildman–Crippen LogP) is 3.40. The minimum absolute atomic E-state index is 0.0194. The molecule has 12 nitrogen and oxygen atoms in total. The van der Waals surface area contributed by atoms with E-state index in [0.29, 0.717) is 109 Å². The highest BCUT2D eigenvalue weighted by Gasteiger charge is 2.12. The Morgan fingerprint density at radius 2 is 1.40 bits per heavy atom. The zero-order chi connectivity index (χ0) is 33.5. The van der Waals surface area contributed by atoms with Crippen molar-refractivity contribution in [2.24, 2.45) is 0 Å². The molecule has 2 rings (SSSR count). The molecule has 0 aromatic carbocycles. The summed E-state index contributed by atoms with van der Waals surface area (Å²) < 4.78 is 23.2. The first-order chi connectivity index (χ1) is 21.6. The number of carboxylic acids is 2. The average Bonchev–Trinajstić information content (AvgIpc) is 2.99. The predicted molar refractivity (Wildman–Crippen MR) is 178 cm³/mol. The third-order valence-corrected chi connectivity index (χ3v) is 6.28. The van der Waals surface area contributed by atoms with E-state index >= 15 is 0 Å². The summed E-state index contributed by atoms with van der Waals surface area (Å²) in [4.78, 5) is 31.6. The normalized spacial score (nSPS) is 17.6. The molecular weight excluding hydrogens is 600 g/mol. The van der Waals surface area contributed by atoms with Crippen LogP contribution in [0.1, 0.15) is 43.9 Å². The second kappa shape index (κ2) is 24.2. The van der Waals surface area contributed by atoms with E-state index in [1.54, 1.807) is 19.1 Å². The molecule has 0 aliphatic carbocycles. The Bertz CT molecular complexity index is 1110. The molecule has 252 valence electrons. The summed E-state index contributed by atoms with van der Waals surface area (Å²) in [6.45, 7) is 18.7. The summed E-state index contributed by atoms with van der Waals surface area (Å²) in [5.74, 6) is -2.06. The number of nitrogens with zero attached hydrogens (tertiary/aromatic N) is 3. The summed E-state index contributed by atoms with van der Waals surface area (Å²) in [6, 6.07) is 4.98. The lowest BCUT2D eigenvalue weighted by Gasteiger charge is -2.24. The number of hydrogen-bond acceptors (Lipinski definition) is 10. The number of nitrogens with one attached hydrogen (secondary N) is 1. The van der Waals surface area contributed by atoms with Gasteiger partial charge in [-0.15, -0.1) is 0 Å². The number of rotatable bonds is 9. The van der Waals surface area contributed by atoms with Gasteiger partial charge in [-0.3, -0.25) is 9.80 Å². The summed E-state index contributed by atoms with van der Waals surface area (Å²) >= 11 is 5.14. The van der Waals surface area contributed by atoms with Gasteiger partial charge in [0.05, 0.1) is 63.5 Å². The van der Waals surface area contributed by atoms with Crippen molar-refractivity contribution in [3.63, 3.8) is 0 Å². The topological polar surface area (TPSA) is 143 Å². The van der Waals surface area contributed by atoms with Gasteiger partial charge in [-0.05, 0) is 43.7 Å². The van der Waals surface area contributed by atoms with Crippen LogP contribution < -0.4 is 5.32 Å². The Morgan fingerprint density at radius 1 is 0.889 bits per heavy atom. The van der Waals surface area contributed by atoms with Crippen LogP contribution in [0.4, 0.5) is 0 Å².